The minimum atomic E-state index is 0.148. The molecule has 7 heteroatoms. The lowest BCUT2D eigenvalue weighted by Gasteiger charge is -2.56. The third-order valence-corrected chi connectivity index (χ3v) is 6.60. The Hall–Kier alpha value is -1.92. The summed E-state index contributed by atoms with van der Waals surface area (Å²) in [5.41, 5.74) is 0.265. The van der Waals surface area contributed by atoms with Gasteiger partial charge >= 0.3 is 0 Å². The second-order valence-electron chi connectivity index (χ2n) is 9.51. The number of rotatable bonds is 6. The molecule has 4 fully saturated rings. The van der Waals surface area contributed by atoms with Gasteiger partial charge in [-0.2, -0.15) is 15.0 Å². The van der Waals surface area contributed by atoms with E-state index in [0.29, 0.717) is 30.7 Å². The predicted molar refractivity (Wildman–Crippen MR) is 106 cm³/mol. The fourth-order valence-electron chi connectivity index (χ4n) is 5.96. The Kier molecular flexibility index (Phi) is 4.72. The summed E-state index contributed by atoms with van der Waals surface area (Å²) in [6.07, 6.45) is 8.67. The van der Waals surface area contributed by atoms with Gasteiger partial charge in [-0.25, -0.2) is 0 Å². The van der Waals surface area contributed by atoms with Crippen LogP contribution in [-0.2, 0) is 11.3 Å². The minimum Gasteiger partial charge on any atom is -0.349 e. The van der Waals surface area contributed by atoms with Crippen molar-refractivity contribution in [2.24, 2.45) is 23.2 Å². The molecule has 4 aliphatic rings. The van der Waals surface area contributed by atoms with Gasteiger partial charge in [-0.05, 0) is 61.7 Å². The molecule has 27 heavy (non-hydrogen) atoms. The molecule has 148 valence electrons. The van der Waals surface area contributed by atoms with Crippen molar-refractivity contribution < 1.29 is 4.79 Å². The van der Waals surface area contributed by atoms with E-state index in [4.69, 9.17) is 0 Å². The van der Waals surface area contributed by atoms with Crippen LogP contribution < -0.4 is 15.1 Å². The lowest BCUT2D eigenvalue weighted by Crippen LogP contribution is -2.48. The molecule has 0 aromatic carbocycles. The van der Waals surface area contributed by atoms with Crippen molar-refractivity contribution >= 4 is 17.8 Å². The third kappa shape index (κ3) is 3.87. The number of nitrogens with zero attached hydrogens (tertiary/aromatic N) is 5. The van der Waals surface area contributed by atoms with Crippen LogP contribution in [-0.4, -0.2) is 49.0 Å². The van der Waals surface area contributed by atoms with E-state index >= 15 is 0 Å². The van der Waals surface area contributed by atoms with Gasteiger partial charge in [0.25, 0.3) is 0 Å². The summed E-state index contributed by atoms with van der Waals surface area (Å²) in [4.78, 5) is 29.8. The van der Waals surface area contributed by atoms with Crippen molar-refractivity contribution in [3.05, 3.63) is 5.82 Å². The van der Waals surface area contributed by atoms with Crippen molar-refractivity contribution in [2.45, 2.75) is 51.5 Å². The number of amides is 1. The van der Waals surface area contributed by atoms with Gasteiger partial charge in [-0.15, -0.1) is 0 Å². The molecule has 1 amide bonds. The van der Waals surface area contributed by atoms with Crippen LogP contribution >= 0.6 is 0 Å². The molecule has 0 spiro atoms. The molecule has 1 aromatic heterocycles. The molecular weight excluding hydrogens is 340 g/mol. The monoisotopic (exact) mass is 372 g/mol. The summed E-state index contributed by atoms with van der Waals surface area (Å²) in [6, 6.07) is 0. The first-order valence-corrected chi connectivity index (χ1v) is 10.2. The maximum atomic E-state index is 12.7. The quantitative estimate of drug-likeness (QED) is 0.825. The Morgan fingerprint density at radius 2 is 1.41 bits per heavy atom. The van der Waals surface area contributed by atoms with Crippen molar-refractivity contribution in [1.82, 2.24) is 20.3 Å². The highest BCUT2D eigenvalue weighted by Crippen LogP contribution is 2.61. The molecule has 5 rings (SSSR count). The normalized spacial score (nSPS) is 31.0. The van der Waals surface area contributed by atoms with Gasteiger partial charge in [-0.3, -0.25) is 4.79 Å². The van der Waals surface area contributed by atoms with E-state index < -0.39 is 0 Å². The van der Waals surface area contributed by atoms with Gasteiger partial charge < -0.3 is 15.1 Å². The maximum Gasteiger partial charge on any atom is 0.229 e. The second-order valence-corrected chi connectivity index (χ2v) is 9.51. The van der Waals surface area contributed by atoms with E-state index in [1.165, 1.54) is 38.5 Å². The first kappa shape index (κ1) is 18.4. The highest BCUT2D eigenvalue weighted by molar-refractivity contribution is 5.76. The zero-order valence-electron chi connectivity index (χ0n) is 17.0. The van der Waals surface area contributed by atoms with Crippen LogP contribution in [0.25, 0.3) is 0 Å². The Morgan fingerprint density at radius 3 is 1.85 bits per heavy atom. The average molecular weight is 373 g/mol. The number of hydrogen-bond donors (Lipinski definition) is 1. The van der Waals surface area contributed by atoms with Gasteiger partial charge in [0.1, 0.15) is 0 Å². The molecule has 0 unspecified atom stereocenters. The number of hydrogen-bond acceptors (Lipinski definition) is 6. The first-order chi connectivity index (χ1) is 12.8. The van der Waals surface area contributed by atoms with Crippen LogP contribution in [0.2, 0.25) is 0 Å². The molecule has 4 aliphatic carbocycles. The molecule has 0 aliphatic heterocycles. The third-order valence-electron chi connectivity index (χ3n) is 6.60. The van der Waals surface area contributed by atoms with Gasteiger partial charge in [0.15, 0.2) is 5.82 Å². The van der Waals surface area contributed by atoms with Gasteiger partial charge in [0, 0.05) is 34.6 Å². The van der Waals surface area contributed by atoms with Gasteiger partial charge in [0.05, 0.1) is 6.54 Å². The predicted octanol–water partition coefficient (Wildman–Crippen LogP) is 2.23. The Balaban J connectivity index is 1.40. The summed E-state index contributed by atoms with van der Waals surface area (Å²) < 4.78 is 0. The summed E-state index contributed by atoms with van der Waals surface area (Å²) >= 11 is 0. The highest BCUT2D eigenvalue weighted by atomic mass is 16.1. The summed E-state index contributed by atoms with van der Waals surface area (Å²) in [6.45, 7) is 0.357. The summed E-state index contributed by atoms with van der Waals surface area (Å²) in [7, 11) is 7.63. The summed E-state index contributed by atoms with van der Waals surface area (Å²) in [5, 5.41) is 3.08. The number of anilines is 2. The minimum absolute atomic E-state index is 0.148. The standard InChI is InChI=1S/C20H32N6O/c1-25(2)18-22-16(23-19(24-18)26(3)4)12-21-17(27)11-20-8-13-5-14(9-20)7-15(6-13)10-20/h13-15H,5-12H2,1-4H3,(H,21,27). The molecule has 4 saturated carbocycles. The number of nitrogens with one attached hydrogen (secondary N) is 1. The SMILES string of the molecule is CN(C)c1nc(CNC(=O)CC23CC4CC(CC(C4)C2)C3)nc(N(C)C)n1. The molecular formula is C20H32N6O. The largest absolute Gasteiger partial charge is 0.349 e. The molecule has 1 heterocycles. The highest BCUT2D eigenvalue weighted by Gasteiger charge is 2.51. The zero-order valence-corrected chi connectivity index (χ0v) is 17.0. The van der Waals surface area contributed by atoms with E-state index in [9.17, 15) is 4.79 Å². The van der Waals surface area contributed by atoms with Crippen molar-refractivity contribution in [3.8, 4) is 0 Å². The van der Waals surface area contributed by atoms with E-state index in [2.05, 4.69) is 20.3 Å². The lowest BCUT2D eigenvalue weighted by atomic mass is 9.49. The van der Waals surface area contributed by atoms with Gasteiger partial charge in [-0.1, -0.05) is 0 Å². The molecule has 1 N–H and O–H groups in total. The van der Waals surface area contributed by atoms with E-state index in [-0.39, 0.29) is 11.3 Å². The first-order valence-electron chi connectivity index (χ1n) is 10.2. The smallest absolute Gasteiger partial charge is 0.229 e. The molecule has 4 bridgehead atoms. The number of carbonyl (C=O) groups excluding carboxylic acids is 1. The molecule has 1 aromatic rings. The maximum absolute atomic E-state index is 12.7. The van der Waals surface area contributed by atoms with Crippen LogP contribution in [0.1, 0.15) is 50.8 Å². The Labute approximate surface area is 162 Å². The van der Waals surface area contributed by atoms with E-state index in [1.807, 2.05) is 38.0 Å². The summed E-state index contributed by atoms with van der Waals surface area (Å²) in [5.74, 6) is 4.60. The Morgan fingerprint density at radius 1 is 0.926 bits per heavy atom. The fraction of sp³-hybridized carbons (Fsp3) is 0.800. The number of carbonyl (C=O) groups is 1. The van der Waals surface area contributed by atoms with Crippen LogP contribution in [0.4, 0.5) is 11.9 Å². The van der Waals surface area contributed by atoms with Gasteiger partial charge in [0.2, 0.25) is 17.8 Å². The van der Waals surface area contributed by atoms with Crippen LogP contribution in [0.3, 0.4) is 0 Å². The van der Waals surface area contributed by atoms with Crippen molar-refractivity contribution in [2.75, 3.05) is 38.0 Å². The molecule has 0 atom stereocenters. The van der Waals surface area contributed by atoms with Crippen molar-refractivity contribution in [1.29, 1.82) is 0 Å². The number of aromatic nitrogens is 3. The zero-order chi connectivity index (χ0) is 19.2. The second kappa shape index (κ2) is 6.91. The molecule has 0 saturated heterocycles. The molecule has 0 radical (unpaired) electrons. The average Bonchev–Trinajstić information content (AvgIpc) is 2.58. The molecule has 7 nitrogen and oxygen atoms in total. The fourth-order valence-corrected chi connectivity index (χ4v) is 5.96. The van der Waals surface area contributed by atoms with Crippen LogP contribution in [0.5, 0.6) is 0 Å². The lowest BCUT2D eigenvalue weighted by molar-refractivity contribution is -0.129. The van der Waals surface area contributed by atoms with E-state index in [0.717, 1.165) is 17.8 Å². The van der Waals surface area contributed by atoms with Crippen LogP contribution in [0.15, 0.2) is 0 Å². The van der Waals surface area contributed by atoms with Crippen molar-refractivity contribution in [3.63, 3.8) is 0 Å². The van der Waals surface area contributed by atoms with E-state index in [1.54, 1.807) is 0 Å². The topological polar surface area (TPSA) is 74.2 Å². The van der Waals surface area contributed by atoms with Crippen LogP contribution in [0, 0.1) is 23.2 Å². The Bertz CT molecular complexity index is 655.